The van der Waals surface area contributed by atoms with Gasteiger partial charge in [-0.05, 0) is 37.7 Å². The van der Waals surface area contributed by atoms with Crippen molar-refractivity contribution in [2.45, 2.75) is 38.3 Å². The minimum absolute atomic E-state index is 0.445. The molecule has 2 aliphatic rings. The number of rotatable bonds is 5. The summed E-state index contributed by atoms with van der Waals surface area (Å²) in [6, 6.07) is 3.10. The molecule has 2 fully saturated rings. The van der Waals surface area contributed by atoms with E-state index in [0.29, 0.717) is 6.54 Å². The lowest BCUT2D eigenvalue weighted by molar-refractivity contribution is 0.246. The van der Waals surface area contributed by atoms with Crippen molar-refractivity contribution in [3.05, 3.63) is 21.9 Å². The second-order valence-corrected chi connectivity index (χ2v) is 6.41. The summed E-state index contributed by atoms with van der Waals surface area (Å²) < 4.78 is 0. The number of nitrogens with zero attached hydrogens (tertiary/aromatic N) is 1. The summed E-state index contributed by atoms with van der Waals surface area (Å²) in [5.41, 5.74) is 6.52. The second-order valence-electron chi connectivity index (χ2n) is 5.41. The number of thiophene rings is 1. The first-order chi connectivity index (χ1) is 8.85. The van der Waals surface area contributed by atoms with Gasteiger partial charge in [0.15, 0.2) is 0 Å². The van der Waals surface area contributed by atoms with Crippen LogP contribution in [0, 0.1) is 17.8 Å². The lowest BCUT2D eigenvalue weighted by atomic mass is 10.3. The molecule has 0 amide bonds. The molecule has 1 heterocycles. The van der Waals surface area contributed by atoms with E-state index in [-0.39, 0.29) is 0 Å². The first-order valence-electron chi connectivity index (χ1n) is 6.85. The monoisotopic (exact) mass is 260 g/mol. The largest absolute Gasteiger partial charge is 0.320 e. The molecule has 0 aliphatic heterocycles. The molecule has 0 saturated heterocycles. The van der Waals surface area contributed by atoms with Crippen LogP contribution in [0.1, 0.15) is 36.1 Å². The van der Waals surface area contributed by atoms with E-state index in [9.17, 15) is 0 Å². The highest BCUT2D eigenvalue weighted by atomic mass is 32.1. The summed E-state index contributed by atoms with van der Waals surface area (Å²) in [7, 11) is 0. The van der Waals surface area contributed by atoms with Gasteiger partial charge in [0.1, 0.15) is 0 Å². The molecular weight excluding hydrogens is 240 g/mol. The average Bonchev–Trinajstić information content (AvgIpc) is 3.26. The van der Waals surface area contributed by atoms with E-state index >= 15 is 0 Å². The number of hydrogen-bond acceptors (Lipinski definition) is 3. The summed E-state index contributed by atoms with van der Waals surface area (Å²) in [6.07, 6.45) is 5.69. The molecule has 0 aromatic carbocycles. The third kappa shape index (κ3) is 3.35. The van der Waals surface area contributed by atoms with E-state index < -0.39 is 0 Å². The lowest BCUT2D eigenvalue weighted by Gasteiger charge is -2.20. The molecule has 0 spiro atoms. The van der Waals surface area contributed by atoms with Crippen LogP contribution in [-0.4, -0.2) is 24.0 Å². The van der Waals surface area contributed by atoms with Gasteiger partial charge < -0.3 is 5.73 Å². The smallest absolute Gasteiger partial charge is 0.0555 e. The Hall–Kier alpha value is -0.820. The van der Waals surface area contributed by atoms with Crippen LogP contribution in [0.15, 0.2) is 11.4 Å². The Bertz CT molecular complexity index is 460. The van der Waals surface area contributed by atoms with Crippen molar-refractivity contribution in [3.63, 3.8) is 0 Å². The van der Waals surface area contributed by atoms with Crippen molar-refractivity contribution in [2.24, 2.45) is 11.7 Å². The molecule has 2 nitrogen and oxygen atoms in total. The first-order valence-corrected chi connectivity index (χ1v) is 7.73. The molecule has 0 atom stereocenters. The lowest BCUT2D eigenvalue weighted by Crippen LogP contribution is -2.27. The molecule has 0 unspecified atom stereocenters. The standard InChI is InChI=1S/C15H20N2S/c16-7-1-2-13-8-15(18-11-13)10-17(14-5-6-14)9-12-3-4-12/h8,11-12,14H,3-7,9-10,16H2. The van der Waals surface area contributed by atoms with Gasteiger partial charge in [0, 0.05) is 35.0 Å². The molecule has 2 saturated carbocycles. The van der Waals surface area contributed by atoms with Crippen molar-refractivity contribution in [3.8, 4) is 11.8 Å². The molecule has 2 aliphatic carbocycles. The van der Waals surface area contributed by atoms with Gasteiger partial charge in [-0.2, -0.15) is 0 Å². The highest BCUT2D eigenvalue weighted by Gasteiger charge is 2.33. The summed E-state index contributed by atoms with van der Waals surface area (Å²) in [5, 5.41) is 2.15. The number of hydrogen-bond donors (Lipinski definition) is 1. The van der Waals surface area contributed by atoms with Crippen LogP contribution in [0.3, 0.4) is 0 Å². The van der Waals surface area contributed by atoms with Crippen molar-refractivity contribution in [1.82, 2.24) is 4.90 Å². The maximum atomic E-state index is 5.40. The summed E-state index contributed by atoms with van der Waals surface area (Å²) >= 11 is 1.84. The zero-order valence-corrected chi connectivity index (χ0v) is 11.5. The van der Waals surface area contributed by atoms with Gasteiger partial charge >= 0.3 is 0 Å². The third-order valence-corrected chi connectivity index (χ3v) is 4.52. The predicted octanol–water partition coefficient (Wildman–Crippen LogP) is 2.43. The highest BCUT2D eigenvalue weighted by Crippen LogP contribution is 2.36. The topological polar surface area (TPSA) is 29.3 Å². The van der Waals surface area contributed by atoms with Crippen molar-refractivity contribution >= 4 is 11.3 Å². The zero-order chi connectivity index (χ0) is 12.4. The Labute approximate surface area is 113 Å². The molecule has 3 heteroatoms. The van der Waals surface area contributed by atoms with Gasteiger partial charge in [0.05, 0.1) is 6.54 Å². The molecule has 96 valence electrons. The Morgan fingerprint density at radius 3 is 2.83 bits per heavy atom. The van der Waals surface area contributed by atoms with Crippen molar-refractivity contribution < 1.29 is 0 Å². The van der Waals surface area contributed by atoms with Gasteiger partial charge in [-0.1, -0.05) is 11.8 Å². The van der Waals surface area contributed by atoms with E-state index in [1.165, 1.54) is 37.1 Å². The molecule has 0 radical (unpaired) electrons. The highest BCUT2D eigenvalue weighted by molar-refractivity contribution is 7.10. The van der Waals surface area contributed by atoms with Gasteiger partial charge in [0.2, 0.25) is 0 Å². The van der Waals surface area contributed by atoms with E-state index in [1.807, 2.05) is 11.3 Å². The zero-order valence-electron chi connectivity index (χ0n) is 10.7. The third-order valence-electron chi connectivity index (χ3n) is 3.60. The average molecular weight is 260 g/mol. The van der Waals surface area contributed by atoms with Crippen LogP contribution in [0.2, 0.25) is 0 Å². The predicted molar refractivity (Wildman–Crippen MR) is 76.4 cm³/mol. The molecule has 3 rings (SSSR count). The van der Waals surface area contributed by atoms with Crippen molar-refractivity contribution in [1.29, 1.82) is 0 Å². The van der Waals surface area contributed by atoms with E-state index in [4.69, 9.17) is 5.73 Å². The van der Waals surface area contributed by atoms with Crippen LogP contribution < -0.4 is 5.73 Å². The van der Waals surface area contributed by atoms with Crippen LogP contribution in [-0.2, 0) is 6.54 Å². The fourth-order valence-corrected chi connectivity index (χ4v) is 3.14. The van der Waals surface area contributed by atoms with Crippen LogP contribution in [0.25, 0.3) is 0 Å². The second kappa shape index (κ2) is 5.44. The quantitative estimate of drug-likeness (QED) is 0.824. The van der Waals surface area contributed by atoms with Crippen LogP contribution in [0.5, 0.6) is 0 Å². The molecule has 2 N–H and O–H groups in total. The van der Waals surface area contributed by atoms with Gasteiger partial charge in [0.25, 0.3) is 0 Å². The summed E-state index contributed by atoms with van der Waals surface area (Å²) in [5.74, 6) is 7.02. The minimum atomic E-state index is 0.445. The molecule has 18 heavy (non-hydrogen) atoms. The Balaban J connectivity index is 1.60. The molecular formula is C15H20N2S. The molecule has 1 aromatic rings. The minimum Gasteiger partial charge on any atom is -0.320 e. The van der Waals surface area contributed by atoms with E-state index in [0.717, 1.165) is 24.1 Å². The van der Waals surface area contributed by atoms with Crippen molar-refractivity contribution in [2.75, 3.05) is 13.1 Å². The van der Waals surface area contributed by atoms with Gasteiger partial charge in [-0.25, -0.2) is 0 Å². The van der Waals surface area contributed by atoms with E-state index in [2.05, 4.69) is 28.2 Å². The number of nitrogens with two attached hydrogens (primary N) is 1. The normalized spacial score (nSPS) is 18.8. The Morgan fingerprint density at radius 1 is 1.33 bits per heavy atom. The fourth-order valence-electron chi connectivity index (χ4n) is 2.30. The molecule has 1 aromatic heterocycles. The maximum Gasteiger partial charge on any atom is 0.0555 e. The summed E-state index contributed by atoms with van der Waals surface area (Å²) in [4.78, 5) is 4.13. The fraction of sp³-hybridized carbons (Fsp3) is 0.600. The first kappa shape index (κ1) is 12.2. The SMILES string of the molecule is NCC#Cc1csc(CN(CC2CC2)C2CC2)c1. The van der Waals surface area contributed by atoms with Gasteiger partial charge in [-0.3, -0.25) is 4.90 Å². The van der Waals surface area contributed by atoms with Gasteiger partial charge in [-0.15, -0.1) is 11.3 Å². The summed E-state index contributed by atoms with van der Waals surface area (Å²) in [6.45, 7) is 2.88. The Kier molecular flexibility index (Phi) is 3.69. The molecule has 0 bridgehead atoms. The van der Waals surface area contributed by atoms with E-state index in [1.54, 1.807) is 0 Å². The van der Waals surface area contributed by atoms with Crippen LogP contribution >= 0.6 is 11.3 Å². The Morgan fingerprint density at radius 2 is 2.17 bits per heavy atom. The maximum absolute atomic E-state index is 5.40. The van der Waals surface area contributed by atoms with Crippen LogP contribution in [0.4, 0.5) is 0 Å².